The fraction of sp³-hybridized carbons (Fsp3) is 0.316. The predicted molar refractivity (Wildman–Crippen MR) is 119 cm³/mol. The van der Waals surface area contributed by atoms with Crippen molar-refractivity contribution in [1.82, 2.24) is 29.2 Å². The van der Waals surface area contributed by atoms with Crippen LogP contribution in [0, 0.1) is 0 Å². The number of thiophene rings is 1. The maximum atomic E-state index is 13.1. The van der Waals surface area contributed by atoms with Gasteiger partial charge in [0.25, 0.3) is 0 Å². The lowest BCUT2D eigenvalue weighted by Gasteiger charge is -2.09. The Labute approximate surface area is 182 Å². The molecule has 0 atom stereocenters. The van der Waals surface area contributed by atoms with Gasteiger partial charge in [0, 0.05) is 24.5 Å². The van der Waals surface area contributed by atoms with Gasteiger partial charge < -0.3 is 10.1 Å². The van der Waals surface area contributed by atoms with Crippen LogP contribution in [0.5, 0.6) is 5.75 Å². The van der Waals surface area contributed by atoms with Crippen molar-refractivity contribution in [3.63, 3.8) is 0 Å². The highest BCUT2D eigenvalue weighted by Gasteiger charge is 2.16. The summed E-state index contributed by atoms with van der Waals surface area (Å²) >= 11 is 1.50. The summed E-state index contributed by atoms with van der Waals surface area (Å²) in [5, 5.41) is 8.15. The summed E-state index contributed by atoms with van der Waals surface area (Å²) < 4.78 is 32.9. The van der Waals surface area contributed by atoms with Crippen LogP contribution >= 0.6 is 11.3 Å². The number of hydrogen-bond donors (Lipinski definition) is 2. The molecule has 12 heteroatoms. The van der Waals surface area contributed by atoms with Gasteiger partial charge in [0.1, 0.15) is 16.9 Å². The molecule has 0 amide bonds. The van der Waals surface area contributed by atoms with E-state index in [2.05, 4.69) is 20.1 Å². The molecule has 31 heavy (non-hydrogen) atoms. The van der Waals surface area contributed by atoms with Gasteiger partial charge >= 0.3 is 5.69 Å². The lowest BCUT2D eigenvalue weighted by Crippen LogP contribution is -2.30. The lowest BCUT2D eigenvalue weighted by molar-refractivity contribution is 0.414. The van der Waals surface area contributed by atoms with E-state index in [4.69, 9.17) is 4.74 Å². The number of fused-ring (bicyclic) bond motifs is 3. The first kappa shape index (κ1) is 21.4. The Morgan fingerprint density at radius 3 is 2.68 bits per heavy atom. The van der Waals surface area contributed by atoms with Gasteiger partial charge in [-0.05, 0) is 23.8 Å². The average molecular weight is 463 g/mol. The van der Waals surface area contributed by atoms with Gasteiger partial charge in [-0.15, -0.1) is 11.3 Å². The minimum Gasteiger partial charge on any atom is -0.497 e. The third-order valence-corrected chi connectivity index (χ3v) is 6.56. The Balaban J connectivity index is 1.63. The van der Waals surface area contributed by atoms with Gasteiger partial charge in [0.15, 0.2) is 5.65 Å². The minimum atomic E-state index is -3.20. The van der Waals surface area contributed by atoms with Crippen molar-refractivity contribution in [3.8, 4) is 5.75 Å². The third-order valence-electron chi connectivity index (χ3n) is 4.67. The van der Waals surface area contributed by atoms with Crippen LogP contribution in [0.3, 0.4) is 0 Å². The van der Waals surface area contributed by atoms with Crippen molar-refractivity contribution in [2.75, 3.05) is 26.5 Å². The quantitative estimate of drug-likeness (QED) is 0.353. The molecule has 4 rings (SSSR count). The van der Waals surface area contributed by atoms with Gasteiger partial charge in [-0.3, -0.25) is 4.57 Å². The number of nitrogens with zero attached hydrogens (tertiary/aromatic N) is 4. The number of ether oxygens (including phenoxy) is 1. The van der Waals surface area contributed by atoms with Crippen LogP contribution in [-0.2, 0) is 23.1 Å². The van der Waals surface area contributed by atoms with Crippen molar-refractivity contribution in [2.24, 2.45) is 0 Å². The summed E-state index contributed by atoms with van der Waals surface area (Å²) in [5.74, 6) is 0.753. The van der Waals surface area contributed by atoms with Crippen LogP contribution in [-0.4, -0.2) is 54.0 Å². The topological polar surface area (TPSA) is 120 Å². The van der Waals surface area contributed by atoms with E-state index in [1.807, 2.05) is 30.3 Å². The summed E-state index contributed by atoms with van der Waals surface area (Å²) in [4.78, 5) is 19.1. The van der Waals surface area contributed by atoms with E-state index < -0.39 is 10.0 Å². The second-order valence-corrected chi connectivity index (χ2v) is 9.94. The highest BCUT2D eigenvalue weighted by atomic mass is 32.2. The van der Waals surface area contributed by atoms with Crippen LogP contribution in [0.4, 0.5) is 0 Å². The van der Waals surface area contributed by atoms with Crippen molar-refractivity contribution in [3.05, 3.63) is 57.6 Å². The molecule has 10 nitrogen and oxygen atoms in total. The summed E-state index contributed by atoms with van der Waals surface area (Å²) in [5.41, 5.74) is 1.23. The molecule has 0 aliphatic carbocycles. The number of hydrogen-bond acceptors (Lipinski definition) is 8. The van der Waals surface area contributed by atoms with Crippen molar-refractivity contribution < 1.29 is 13.2 Å². The van der Waals surface area contributed by atoms with Crippen molar-refractivity contribution >= 4 is 37.2 Å². The van der Waals surface area contributed by atoms with Gasteiger partial charge in [-0.25, -0.2) is 22.9 Å². The Hall–Kier alpha value is -2.80. The number of methoxy groups -OCH3 is 1. The molecule has 0 fully saturated rings. The van der Waals surface area contributed by atoms with Crippen LogP contribution in [0.1, 0.15) is 10.4 Å². The third kappa shape index (κ3) is 4.77. The predicted octanol–water partition coefficient (Wildman–Crippen LogP) is 0.801. The molecular weight excluding hydrogens is 440 g/mol. The molecule has 164 valence electrons. The van der Waals surface area contributed by atoms with E-state index in [-0.39, 0.29) is 5.69 Å². The summed E-state index contributed by atoms with van der Waals surface area (Å²) in [6, 6.07) is 9.56. The summed E-state index contributed by atoms with van der Waals surface area (Å²) in [6.45, 7) is 1.73. The number of sulfonamides is 1. The van der Waals surface area contributed by atoms with E-state index >= 15 is 0 Å². The molecule has 0 unspecified atom stereocenters. The Bertz CT molecular complexity index is 1370. The highest BCUT2D eigenvalue weighted by Crippen LogP contribution is 2.27. The highest BCUT2D eigenvalue weighted by molar-refractivity contribution is 7.88. The second kappa shape index (κ2) is 8.75. The monoisotopic (exact) mass is 462 g/mol. The molecule has 0 saturated carbocycles. The first-order chi connectivity index (χ1) is 14.9. The van der Waals surface area contributed by atoms with Crippen LogP contribution in [0.25, 0.3) is 15.9 Å². The van der Waals surface area contributed by atoms with Crippen molar-refractivity contribution in [1.29, 1.82) is 0 Å². The second-order valence-electron chi connectivity index (χ2n) is 6.99. The molecule has 1 aromatic carbocycles. The van der Waals surface area contributed by atoms with E-state index in [9.17, 15) is 13.2 Å². The summed E-state index contributed by atoms with van der Waals surface area (Å²) in [6.07, 6.45) is 2.51. The first-order valence-corrected chi connectivity index (χ1v) is 12.2. The molecule has 0 aliphatic rings. The SMILES string of the molecule is COc1ccc(Cn2c(=O)n3ncnc3c3cc(CNCCNS(C)(=O)=O)sc32)cc1. The van der Waals surface area contributed by atoms with Crippen LogP contribution < -0.4 is 20.5 Å². The molecule has 2 N–H and O–H groups in total. The Morgan fingerprint density at radius 1 is 1.19 bits per heavy atom. The number of benzene rings is 1. The molecule has 0 aliphatic heterocycles. The Morgan fingerprint density at radius 2 is 1.97 bits per heavy atom. The smallest absolute Gasteiger partial charge is 0.352 e. The van der Waals surface area contributed by atoms with E-state index in [0.29, 0.717) is 31.8 Å². The fourth-order valence-electron chi connectivity index (χ4n) is 3.23. The largest absolute Gasteiger partial charge is 0.497 e. The maximum absolute atomic E-state index is 13.1. The normalized spacial score (nSPS) is 12.1. The maximum Gasteiger partial charge on any atom is 0.352 e. The van der Waals surface area contributed by atoms with Crippen molar-refractivity contribution in [2.45, 2.75) is 13.1 Å². The fourth-order valence-corrected chi connectivity index (χ4v) is 4.82. The first-order valence-electron chi connectivity index (χ1n) is 9.49. The average Bonchev–Trinajstić information content (AvgIpc) is 3.38. The molecule has 3 aromatic heterocycles. The van der Waals surface area contributed by atoms with Gasteiger partial charge in [-0.2, -0.15) is 9.61 Å². The zero-order valence-corrected chi connectivity index (χ0v) is 18.7. The number of nitrogens with one attached hydrogen (secondary N) is 2. The lowest BCUT2D eigenvalue weighted by atomic mass is 10.2. The van der Waals surface area contributed by atoms with Crippen LogP contribution in [0.2, 0.25) is 0 Å². The zero-order valence-electron chi connectivity index (χ0n) is 17.0. The molecular formula is C19H22N6O4S2. The molecule has 0 radical (unpaired) electrons. The van der Waals surface area contributed by atoms with Crippen LogP contribution in [0.15, 0.2) is 41.5 Å². The van der Waals surface area contributed by atoms with E-state index in [1.54, 1.807) is 11.7 Å². The van der Waals surface area contributed by atoms with Gasteiger partial charge in [0.2, 0.25) is 10.0 Å². The summed E-state index contributed by atoms with van der Waals surface area (Å²) in [7, 11) is -1.59. The van der Waals surface area contributed by atoms with E-state index in [0.717, 1.165) is 32.7 Å². The number of rotatable bonds is 9. The molecule has 0 saturated heterocycles. The molecule has 3 heterocycles. The molecule has 4 aromatic rings. The molecule has 0 spiro atoms. The standard InChI is InChI=1S/C19H22N6O4S2/c1-29-14-5-3-13(4-6-14)11-24-18-16(17-21-12-22-25(17)19(24)26)9-15(30-18)10-20-7-8-23-31(2,27)28/h3-6,9,12,20,23H,7-8,10-11H2,1-2H3. The molecule has 0 bridgehead atoms. The Kier molecular flexibility index (Phi) is 6.05. The van der Waals surface area contributed by atoms with Gasteiger partial charge in [-0.1, -0.05) is 12.1 Å². The van der Waals surface area contributed by atoms with Gasteiger partial charge in [0.05, 0.1) is 25.3 Å². The zero-order chi connectivity index (χ0) is 22.0. The minimum absolute atomic E-state index is 0.255. The van der Waals surface area contributed by atoms with E-state index in [1.165, 1.54) is 22.2 Å². The number of aromatic nitrogens is 4.